The van der Waals surface area contributed by atoms with Gasteiger partial charge in [0.15, 0.2) is 11.5 Å². The highest BCUT2D eigenvalue weighted by Gasteiger charge is 2.16. The molecule has 0 spiro atoms. The number of para-hydroxylation sites is 1. The summed E-state index contributed by atoms with van der Waals surface area (Å²) in [6.07, 6.45) is 4.33. The van der Waals surface area contributed by atoms with Gasteiger partial charge >= 0.3 is 0 Å². The Hall–Kier alpha value is -4.52. The number of rotatable bonds is 10. The monoisotopic (exact) mass is 511 g/mol. The number of aryl methyl sites for hydroxylation is 2. The maximum absolute atomic E-state index is 13.3. The van der Waals surface area contributed by atoms with Gasteiger partial charge in [0.05, 0.1) is 14.2 Å². The third kappa shape index (κ3) is 6.06. The Bertz CT molecular complexity index is 1470. The van der Waals surface area contributed by atoms with E-state index in [-0.39, 0.29) is 17.5 Å². The highest BCUT2D eigenvalue weighted by Crippen LogP contribution is 2.27. The Kier molecular flexibility index (Phi) is 8.48. The first-order chi connectivity index (χ1) is 18.4. The van der Waals surface area contributed by atoms with E-state index in [1.54, 1.807) is 32.4 Å². The molecule has 2 N–H and O–H groups in total. The number of benzene rings is 3. The van der Waals surface area contributed by atoms with Crippen LogP contribution < -0.4 is 20.1 Å². The van der Waals surface area contributed by atoms with Gasteiger partial charge in [0.2, 0.25) is 0 Å². The molecule has 4 aromatic rings. The Balaban J connectivity index is 1.58. The van der Waals surface area contributed by atoms with Gasteiger partial charge in [0.25, 0.3) is 11.8 Å². The van der Waals surface area contributed by atoms with Crippen LogP contribution in [0, 0.1) is 6.92 Å². The van der Waals surface area contributed by atoms with Gasteiger partial charge in [-0.05, 0) is 62.2 Å². The molecule has 0 saturated carbocycles. The molecule has 7 nitrogen and oxygen atoms in total. The van der Waals surface area contributed by atoms with Gasteiger partial charge in [-0.25, -0.2) is 0 Å². The highest BCUT2D eigenvalue weighted by molar-refractivity contribution is 6.06. The number of fused-ring (bicyclic) bond motifs is 1. The molecule has 4 rings (SSSR count). The van der Waals surface area contributed by atoms with E-state index in [0.29, 0.717) is 30.0 Å². The number of carbonyl (C=O) groups is 2. The van der Waals surface area contributed by atoms with Gasteiger partial charge in [0, 0.05) is 41.3 Å². The van der Waals surface area contributed by atoms with E-state index in [1.165, 1.54) is 0 Å². The molecule has 0 radical (unpaired) electrons. The van der Waals surface area contributed by atoms with Crippen LogP contribution >= 0.6 is 0 Å². The van der Waals surface area contributed by atoms with Crippen molar-refractivity contribution in [1.82, 2.24) is 15.2 Å². The molecule has 38 heavy (non-hydrogen) atoms. The van der Waals surface area contributed by atoms with Gasteiger partial charge in [0.1, 0.15) is 5.70 Å². The minimum atomic E-state index is -0.362. The minimum Gasteiger partial charge on any atom is -0.493 e. The third-order valence-electron chi connectivity index (χ3n) is 6.41. The fraction of sp³-hybridized carbons (Fsp3) is 0.226. The summed E-state index contributed by atoms with van der Waals surface area (Å²) in [7, 11) is 3.18. The average molecular weight is 512 g/mol. The third-order valence-corrected chi connectivity index (χ3v) is 6.41. The number of hydrogen-bond donors (Lipinski definition) is 2. The molecule has 0 bridgehead atoms. The summed E-state index contributed by atoms with van der Waals surface area (Å²) in [6.45, 7) is 5.20. The summed E-state index contributed by atoms with van der Waals surface area (Å²) in [6, 6.07) is 20.9. The quantitative estimate of drug-likeness (QED) is 0.290. The van der Waals surface area contributed by atoms with E-state index in [0.717, 1.165) is 34.1 Å². The second-order valence-electron chi connectivity index (χ2n) is 8.96. The highest BCUT2D eigenvalue weighted by atomic mass is 16.5. The molecule has 7 heteroatoms. The van der Waals surface area contributed by atoms with E-state index in [2.05, 4.69) is 22.1 Å². The SMILES string of the molecule is CCn1cc(/C=C(\NC(=O)c2ccc(C)cc2)C(=O)NCCc2ccc(OC)c(OC)c2)c2ccccc21. The van der Waals surface area contributed by atoms with Crippen LogP contribution in [0.3, 0.4) is 0 Å². The molecule has 0 aliphatic carbocycles. The minimum absolute atomic E-state index is 0.182. The number of nitrogens with zero attached hydrogens (tertiary/aromatic N) is 1. The van der Waals surface area contributed by atoms with E-state index in [4.69, 9.17) is 9.47 Å². The number of methoxy groups -OCH3 is 2. The molecule has 0 unspecified atom stereocenters. The number of amides is 2. The van der Waals surface area contributed by atoms with Crippen molar-refractivity contribution in [2.75, 3.05) is 20.8 Å². The summed E-state index contributed by atoms with van der Waals surface area (Å²) in [5.74, 6) is 0.579. The van der Waals surface area contributed by atoms with Crippen LogP contribution in [-0.2, 0) is 17.8 Å². The van der Waals surface area contributed by atoms with Gasteiger partial charge in [-0.3, -0.25) is 9.59 Å². The predicted octanol–water partition coefficient (Wildman–Crippen LogP) is 5.12. The molecule has 0 atom stereocenters. The van der Waals surface area contributed by atoms with Crippen LogP contribution in [0.2, 0.25) is 0 Å². The summed E-state index contributed by atoms with van der Waals surface area (Å²) in [5.41, 5.74) is 4.63. The van der Waals surface area contributed by atoms with Crippen LogP contribution in [-0.4, -0.2) is 37.1 Å². The molecule has 3 aromatic carbocycles. The molecule has 0 saturated heterocycles. The largest absolute Gasteiger partial charge is 0.493 e. The van der Waals surface area contributed by atoms with Crippen molar-refractivity contribution in [2.45, 2.75) is 26.8 Å². The zero-order valence-corrected chi connectivity index (χ0v) is 22.2. The van der Waals surface area contributed by atoms with Gasteiger partial charge < -0.3 is 24.7 Å². The Morgan fingerprint density at radius 3 is 2.39 bits per heavy atom. The summed E-state index contributed by atoms with van der Waals surface area (Å²) >= 11 is 0. The Morgan fingerprint density at radius 2 is 1.68 bits per heavy atom. The van der Waals surface area contributed by atoms with Crippen molar-refractivity contribution in [1.29, 1.82) is 0 Å². The van der Waals surface area contributed by atoms with Gasteiger partial charge in [-0.1, -0.05) is 42.0 Å². The summed E-state index contributed by atoms with van der Waals surface area (Å²) < 4.78 is 12.8. The van der Waals surface area contributed by atoms with Crippen LogP contribution in [0.25, 0.3) is 17.0 Å². The van der Waals surface area contributed by atoms with Gasteiger partial charge in [-0.2, -0.15) is 0 Å². The normalized spacial score (nSPS) is 11.3. The van der Waals surface area contributed by atoms with Crippen molar-refractivity contribution < 1.29 is 19.1 Å². The lowest BCUT2D eigenvalue weighted by atomic mass is 10.1. The van der Waals surface area contributed by atoms with Crippen molar-refractivity contribution >= 4 is 28.8 Å². The maximum Gasteiger partial charge on any atom is 0.267 e. The Labute approximate surface area is 223 Å². The van der Waals surface area contributed by atoms with Crippen molar-refractivity contribution in [3.8, 4) is 11.5 Å². The lowest BCUT2D eigenvalue weighted by molar-refractivity contribution is -0.117. The predicted molar refractivity (Wildman–Crippen MR) is 150 cm³/mol. The molecule has 196 valence electrons. The molecule has 0 aliphatic heterocycles. The van der Waals surface area contributed by atoms with E-state index < -0.39 is 0 Å². The number of carbonyl (C=O) groups excluding carboxylic acids is 2. The van der Waals surface area contributed by atoms with Crippen LogP contribution in [0.1, 0.15) is 34.0 Å². The molecule has 0 fully saturated rings. The zero-order chi connectivity index (χ0) is 27.1. The summed E-state index contributed by atoms with van der Waals surface area (Å²) in [4.78, 5) is 26.4. The number of hydrogen-bond acceptors (Lipinski definition) is 4. The smallest absolute Gasteiger partial charge is 0.267 e. The van der Waals surface area contributed by atoms with E-state index in [9.17, 15) is 9.59 Å². The number of ether oxygens (including phenoxy) is 2. The zero-order valence-electron chi connectivity index (χ0n) is 22.2. The lowest BCUT2D eigenvalue weighted by Gasteiger charge is -2.12. The van der Waals surface area contributed by atoms with Crippen molar-refractivity contribution in [2.24, 2.45) is 0 Å². The van der Waals surface area contributed by atoms with Crippen LogP contribution in [0.5, 0.6) is 11.5 Å². The Morgan fingerprint density at radius 1 is 0.947 bits per heavy atom. The van der Waals surface area contributed by atoms with Crippen molar-refractivity contribution in [3.63, 3.8) is 0 Å². The maximum atomic E-state index is 13.3. The first-order valence-electron chi connectivity index (χ1n) is 12.6. The van der Waals surface area contributed by atoms with Gasteiger partial charge in [-0.15, -0.1) is 0 Å². The van der Waals surface area contributed by atoms with E-state index in [1.807, 2.05) is 67.7 Å². The summed E-state index contributed by atoms with van der Waals surface area (Å²) in [5, 5.41) is 6.80. The van der Waals surface area contributed by atoms with Crippen molar-refractivity contribution in [3.05, 3.63) is 101 Å². The number of nitrogens with one attached hydrogen (secondary N) is 2. The second-order valence-corrected chi connectivity index (χ2v) is 8.96. The molecule has 2 amide bonds. The topological polar surface area (TPSA) is 81.6 Å². The number of aromatic nitrogens is 1. The molecule has 1 aromatic heterocycles. The molecular formula is C31H33N3O4. The first-order valence-corrected chi connectivity index (χ1v) is 12.6. The average Bonchev–Trinajstić information content (AvgIpc) is 3.30. The standard InChI is InChI=1S/C31H33N3O4/c1-5-34-20-24(25-8-6-7-9-27(25)34)19-26(33-30(35)23-13-10-21(2)11-14-23)31(36)32-17-16-22-12-15-28(37-3)29(18-22)38-4/h6-15,18-20H,5,16-17H2,1-4H3,(H,32,36)(H,33,35)/b26-19-. The fourth-order valence-electron chi connectivity index (χ4n) is 4.32. The molecular weight excluding hydrogens is 478 g/mol. The van der Waals surface area contributed by atoms with Crippen LogP contribution in [0.15, 0.2) is 78.6 Å². The lowest BCUT2D eigenvalue weighted by Crippen LogP contribution is -2.35. The van der Waals surface area contributed by atoms with Crippen LogP contribution in [0.4, 0.5) is 0 Å². The first kappa shape index (κ1) is 26.5. The molecule has 1 heterocycles. The second kappa shape index (κ2) is 12.1. The van der Waals surface area contributed by atoms with E-state index >= 15 is 0 Å². The fourth-order valence-corrected chi connectivity index (χ4v) is 4.32. The molecule has 0 aliphatic rings.